The van der Waals surface area contributed by atoms with Crippen molar-refractivity contribution in [2.45, 2.75) is 87.2 Å². The van der Waals surface area contributed by atoms with Crippen molar-refractivity contribution in [2.24, 2.45) is 17.8 Å². The minimum atomic E-state index is -0.706. The highest BCUT2D eigenvalue weighted by Crippen LogP contribution is 2.12. The molecular weight excluding hydrogens is 344 g/mol. The third kappa shape index (κ3) is 20.9. The van der Waals surface area contributed by atoms with Crippen LogP contribution in [0.3, 0.4) is 0 Å². The van der Waals surface area contributed by atoms with Gasteiger partial charge in [0.15, 0.2) is 0 Å². The van der Waals surface area contributed by atoms with Crippen LogP contribution in [0.2, 0.25) is 0 Å². The number of carbonyl (C=O) groups is 3. The van der Waals surface area contributed by atoms with Crippen molar-refractivity contribution in [1.82, 2.24) is 0 Å². The second kappa shape index (κ2) is 15.2. The third-order valence-electron chi connectivity index (χ3n) is 3.46. The molecule has 6 heteroatoms. The molecule has 0 aliphatic heterocycles. The van der Waals surface area contributed by atoms with Gasteiger partial charge in [-0.15, -0.1) is 0 Å². The normalized spacial score (nSPS) is 13.8. The fourth-order valence-corrected chi connectivity index (χ4v) is 1.06. The molecule has 3 unspecified atom stereocenters. The standard InChI is InChI=1S/C9H18O2.C5H9ClO.C5H10O2/c1-6-7(2)8(10)11-9(3,4)5;2*1-3-4(2)5(6)7/h7H,6H2,1-5H3;4H,3H2,1-2H3;4H,3H2,1-2H3,(H,6,7). The number of hydrogen-bond donors (Lipinski definition) is 1. The summed E-state index contributed by atoms with van der Waals surface area (Å²) >= 11 is 5.09. The summed E-state index contributed by atoms with van der Waals surface area (Å²) in [6.07, 6.45) is 2.40. The monoisotopic (exact) mass is 380 g/mol. The van der Waals surface area contributed by atoms with Crippen molar-refractivity contribution in [3.8, 4) is 0 Å². The van der Waals surface area contributed by atoms with Gasteiger partial charge in [-0.1, -0.05) is 41.5 Å². The van der Waals surface area contributed by atoms with E-state index in [1.807, 2.05) is 55.4 Å². The number of carbonyl (C=O) groups excluding carboxylic acids is 2. The van der Waals surface area contributed by atoms with E-state index in [0.29, 0.717) is 0 Å². The molecule has 0 aromatic carbocycles. The van der Waals surface area contributed by atoms with Crippen molar-refractivity contribution in [3.05, 3.63) is 0 Å². The summed E-state index contributed by atoms with van der Waals surface area (Å²) in [4.78, 5) is 31.2. The van der Waals surface area contributed by atoms with Crippen LogP contribution < -0.4 is 0 Å². The maximum atomic E-state index is 11.2. The van der Waals surface area contributed by atoms with E-state index in [-0.39, 0.29) is 34.6 Å². The van der Waals surface area contributed by atoms with Gasteiger partial charge in [-0.3, -0.25) is 14.4 Å². The Hall–Kier alpha value is -1.10. The molecule has 0 aromatic rings. The molecule has 25 heavy (non-hydrogen) atoms. The Balaban J connectivity index is -0.000000304. The number of hydrogen-bond acceptors (Lipinski definition) is 4. The molecule has 0 aliphatic carbocycles. The van der Waals surface area contributed by atoms with Crippen molar-refractivity contribution in [1.29, 1.82) is 0 Å². The fraction of sp³-hybridized carbons (Fsp3) is 0.842. The Kier molecular flexibility index (Phi) is 17.4. The van der Waals surface area contributed by atoms with Crippen LogP contribution in [0.1, 0.15) is 81.6 Å². The van der Waals surface area contributed by atoms with Crippen LogP contribution in [0.5, 0.6) is 0 Å². The largest absolute Gasteiger partial charge is 0.481 e. The summed E-state index contributed by atoms with van der Waals surface area (Å²) < 4.78 is 5.15. The van der Waals surface area contributed by atoms with Crippen LogP contribution in [0, 0.1) is 17.8 Å². The number of halogens is 1. The van der Waals surface area contributed by atoms with E-state index >= 15 is 0 Å². The summed E-state index contributed by atoms with van der Waals surface area (Å²) in [5.74, 6) is -0.932. The zero-order chi connectivity index (χ0) is 20.8. The van der Waals surface area contributed by atoms with Gasteiger partial charge in [0, 0.05) is 5.92 Å². The molecule has 0 heterocycles. The van der Waals surface area contributed by atoms with Gasteiger partial charge in [0.25, 0.3) is 0 Å². The predicted molar refractivity (Wildman–Crippen MR) is 103 cm³/mol. The first-order chi connectivity index (χ1) is 11.2. The molecule has 0 spiro atoms. The van der Waals surface area contributed by atoms with E-state index < -0.39 is 5.97 Å². The minimum Gasteiger partial charge on any atom is -0.481 e. The Labute approximate surface area is 158 Å². The SMILES string of the molecule is CCC(C)C(=O)Cl.CCC(C)C(=O)O.CCC(C)C(=O)OC(C)(C)C. The van der Waals surface area contributed by atoms with E-state index in [9.17, 15) is 14.4 Å². The minimum absolute atomic E-state index is 0.0224. The highest BCUT2D eigenvalue weighted by molar-refractivity contribution is 6.63. The van der Waals surface area contributed by atoms with Crippen LogP contribution >= 0.6 is 11.6 Å². The summed E-state index contributed by atoms with van der Waals surface area (Å²) in [5, 5.41) is 7.95. The van der Waals surface area contributed by atoms with E-state index in [4.69, 9.17) is 21.4 Å². The van der Waals surface area contributed by atoms with Crippen molar-refractivity contribution >= 4 is 28.8 Å². The van der Waals surface area contributed by atoms with Gasteiger partial charge in [-0.25, -0.2) is 0 Å². The average Bonchev–Trinajstić information content (AvgIpc) is 2.51. The topological polar surface area (TPSA) is 80.7 Å². The number of carboxylic acids is 1. The van der Waals surface area contributed by atoms with E-state index in [1.165, 1.54) is 0 Å². The van der Waals surface area contributed by atoms with E-state index in [0.717, 1.165) is 19.3 Å². The number of ether oxygens (including phenoxy) is 1. The molecule has 1 N–H and O–H groups in total. The fourth-order valence-electron chi connectivity index (χ4n) is 0.904. The first-order valence-corrected chi connectivity index (χ1v) is 9.26. The van der Waals surface area contributed by atoms with Crippen LogP contribution in [0.15, 0.2) is 0 Å². The van der Waals surface area contributed by atoms with Gasteiger partial charge in [-0.2, -0.15) is 0 Å². The van der Waals surface area contributed by atoms with E-state index in [2.05, 4.69) is 0 Å². The first kappa shape index (κ1) is 28.7. The molecular formula is C19H37ClO5. The van der Waals surface area contributed by atoms with Gasteiger partial charge in [0.2, 0.25) is 5.24 Å². The highest BCUT2D eigenvalue weighted by Gasteiger charge is 2.19. The maximum Gasteiger partial charge on any atom is 0.309 e. The van der Waals surface area contributed by atoms with Gasteiger partial charge in [-0.05, 0) is 51.6 Å². The zero-order valence-electron chi connectivity index (χ0n) is 17.3. The second-order valence-electron chi connectivity index (χ2n) is 7.10. The maximum absolute atomic E-state index is 11.2. The van der Waals surface area contributed by atoms with Crippen LogP contribution in [0.25, 0.3) is 0 Å². The zero-order valence-corrected chi connectivity index (χ0v) is 18.1. The molecule has 5 nitrogen and oxygen atoms in total. The van der Waals surface area contributed by atoms with Crippen LogP contribution in [0.4, 0.5) is 0 Å². The lowest BCUT2D eigenvalue weighted by molar-refractivity contribution is -0.159. The summed E-state index contributed by atoms with van der Waals surface area (Å²) in [6, 6.07) is 0. The molecule has 0 amide bonds. The van der Waals surface area contributed by atoms with Crippen LogP contribution in [-0.4, -0.2) is 27.9 Å². The Morgan fingerprint density at radius 3 is 1.36 bits per heavy atom. The van der Waals surface area contributed by atoms with Gasteiger partial charge in [0.05, 0.1) is 11.8 Å². The summed E-state index contributed by atoms with van der Waals surface area (Å²) in [7, 11) is 0. The van der Waals surface area contributed by atoms with Crippen molar-refractivity contribution in [3.63, 3.8) is 0 Å². The smallest absolute Gasteiger partial charge is 0.309 e. The van der Waals surface area contributed by atoms with Gasteiger partial charge >= 0.3 is 11.9 Å². The van der Waals surface area contributed by atoms with Gasteiger partial charge in [0.1, 0.15) is 5.60 Å². The summed E-state index contributed by atoms with van der Waals surface area (Å²) in [6.45, 7) is 16.8. The molecule has 0 fully saturated rings. The number of rotatable bonds is 6. The highest BCUT2D eigenvalue weighted by atomic mass is 35.5. The molecule has 0 saturated carbocycles. The number of carboxylic acid groups (broad SMARTS) is 1. The molecule has 0 aliphatic rings. The summed E-state index contributed by atoms with van der Waals surface area (Å²) in [5.41, 5.74) is -0.347. The lowest BCUT2D eigenvalue weighted by Crippen LogP contribution is -2.27. The molecule has 0 rings (SSSR count). The molecule has 0 saturated heterocycles. The molecule has 150 valence electrons. The molecule has 0 aromatic heterocycles. The Morgan fingerprint density at radius 2 is 1.24 bits per heavy atom. The first-order valence-electron chi connectivity index (χ1n) is 8.88. The Morgan fingerprint density at radius 1 is 0.880 bits per heavy atom. The quantitative estimate of drug-likeness (QED) is 0.500. The lowest BCUT2D eigenvalue weighted by Gasteiger charge is -2.21. The third-order valence-corrected chi connectivity index (χ3v) is 3.83. The average molecular weight is 381 g/mol. The second-order valence-corrected chi connectivity index (χ2v) is 7.48. The lowest BCUT2D eigenvalue weighted by atomic mass is 10.1. The molecule has 0 radical (unpaired) electrons. The number of aliphatic carboxylic acids is 1. The number of esters is 1. The van der Waals surface area contributed by atoms with Crippen LogP contribution in [-0.2, 0) is 19.1 Å². The van der Waals surface area contributed by atoms with Crippen molar-refractivity contribution < 1.29 is 24.2 Å². The van der Waals surface area contributed by atoms with Gasteiger partial charge < -0.3 is 9.84 Å². The van der Waals surface area contributed by atoms with E-state index in [1.54, 1.807) is 6.92 Å². The molecule has 3 atom stereocenters. The Bertz CT molecular complexity index is 368. The van der Waals surface area contributed by atoms with Crippen molar-refractivity contribution in [2.75, 3.05) is 0 Å². The molecule has 0 bridgehead atoms. The predicted octanol–water partition coefficient (Wildman–Crippen LogP) is 5.29.